The number of pyridine rings is 1. The van der Waals surface area contributed by atoms with E-state index in [1.165, 1.54) is 0 Å². The van der Waals surface area contributed by atoms with Crippen LogP contribution in [-0.4, -0.2) is 21.7 Å². The van der Waals surface area contributed by atoms with E-state index in [9.17, 15) is 9.59 Å². The average molecular weight is 414 g/mol. The van der Waals surface area contributed by atoms with Gasteiger partial charge in [0.15, 0.2) is 0 Å². The van der Waals surface area contributed by atoms with Gasteiger partial charge in [0.1, 0.15) is 16.7 Å². The third-order valence-electron chi connectivity index (χ3n) is 6.32. The first-order valence-electron chi connectivity index (χ1n) is 10.4. The molecule has 2 saturated carbocycles. The summed E-state index contributed by atoms with van der Waals surface area (Å²) in [6.07, 6.45) is 6.48. The topological polar surface area (TPSA) is 77.1 Å². The van der Waals surface area contributed by atoms with Crippen molar-refractivity contribution in [1.82, 2.24) is 15.0 Å². The molecule has 0 saturated heterocycles. The molecule has 1 aromatic carbocycles. The molecule has 0 aliphatic heterocycles. The minimum atomic E-state index is -0.0819. The predicted octanol–water partition coefficient (Wildman–Crippen LogP) is 4.50. The Bertz CT molecular complexity index is 1160. The fourth-order valence-electron chi connectivity index (χ4n) is 4.79. The smallest absolute Gasteiger partial charge is 0.264 e. The normalized spacial score (nSPS) is 22.3. The van der Waals surface area contributed by atoms with Gasteiger partial charge < -0.3 is 14.4 Å². The number of amides is 1. The minimum absolute atomic E-state index is 0.0367. The van der Waals surface area contributed by atoms with Crippen LogP contribution >= 0.6 is 11.6 Å². The van der Waals surface area contributed by atoms with Gasteiger partial charge >= 0.3 is 0 Å². The number of halogens is 1. The molecule has 2 fully saturated rings. The molecular weight excluding hydrogens is 390 g/mol. The summed E-state index contributed by atoms with van der Waals surface area (Å²) in [6, 6.07) is 6.02. The van der Waals surface area contributed by atoms with Crippen LogP contribution in [0.25, 0.3) is 21.8 Å². The van der Waals surface area contributed by atoms with Crippen LogP contribution in [0.15, 0.2) is 27.5 Å². The van der Waals surface area contributed by atoms with Crippen LogP contribution in [0.3, 0.4) is 0 Å². The number of hydrogen-bond acceptors (Lipinski definition) is 4. The van der Waals surface area contributed by atoms with E-state index in [-0.39, 0.29) is 23.4 Å². The Labute approximate surface area is 173 Å². The van der Waals surface area contributed by atoms with Crippen molar-refractivity contribution in [3.8, 4) is 0 Å². The van der Waals surface area contributed by atoms with E-state index in [4.69, 9.17) is 16.1 Å². The third-order valence-corrected chi connectivity index (χ3v) is 6.64. The first-order valence-corrected chi connectivity index (χ1v) is 10.8. The van der Waals surface area contributed by atoms with E-state index in [1.807, 2.05) is 22.8 Å². The molecular formula is C22H24ClN3O3. The molecule has 3 aromatic rings. The lowest BCUT2D eigenvalue weighted by molar-refractivity contribution is -0.122. The van der Waals surface area contributed by atoms with E-state index >= 15 is 0 Å². The van der Waals surface area contributed by atoms with E-state index in [2.05, 4.69) is 10.5 Å². The van der Waals surface area contributed by atoms with Gasteiger partial charge in [-0.15, -0.1) is 0 Å². The quantitative estimate of drug-likeness (QED) is 0.682. The van der Waals surface area contributed by atoms with E-state index < -0.39 is 0 Å². The van der Waals surface area contributed by atoms with Crippen molar-refractivity contribution >= 4 is 39.3 Å². The molecule has 2 unspecified atom stereocenters. The zero-order chi connectivity index (χ0) is 20.1. The Morgan fingerprint density at radius 3 is 2.90 bits per heavy atom. The second-order valence-electron chi connectivity index (χ2n) is 8.50. The van der Waals surface area contributed by atoms with Gasteiger partial charge in [0.05, 0.1) is 10.5 Å². The van der Waals surface area contributed by atoms with Gasteiger partial charge in [0, 0.05) is 23.9 Å². The van der Waals surface area contributed by atoms with Crippen LogP contribution in [0.1, 0.15) is 56.7 Å². The number of hydrogen-bond donors (Lipinski definition) is 1. The molecule has 152 valence electrons. The van der Waals surface area contributed by atoms with Crippen LogP contribution < -0.4 is 10.9 Å². The molecule has 2 aliphatic carbocycles. The Hall–Kier alpha value is -2.34. The van der Waals surface area contributed by atoms with E-state index in [0.717, 1.165) is 49.4 Å². The number of rotatable bonds is 4. The fourth-order valence-corrected chi connectivity index (χ4v) is 5.05. The number of carbonyl (C=O) groups is 1. The number of nitrogens with one attached hydrogen (secondary N) is 1. The summed E-state index contributed by atoms with van der Waals surface area (Å²) in [4.78, 5) is 25.8. The lowest BCUT2D eigenvalue weighted by Crippen LogP contribution is -2.32. The molecule has 2 aromatic heterocycles. The second kappa shape index (κ2) is 7.17. The Kier molecular flexibility index (Phi) is 4.62. The molecule has 6 nitrogen and oxygen atoms in total. The van der Waals surface area contributed by atoms with Gasteiger partial charge in [-0.3, -0.25) is 9.59 Å². The summed E-state index contributed by atoms with van der Waals surface area (Å²) >= 11 is 6.51. The molecule has 2 heterocycles. The number of carbonyl (C=O) groups excluding carboxylic acids is 1. The Morgan fingerprint density at radius 1 is 1.28 bits per heavy atom. The molecule has 29 heavy (non-hydrogen) atoms. The van der Waals surface area contributed by atoms with Crippen molar-refractivity contribution in [2.24, 2.45) is 5.92 Å². The largest absolute Gasteiger partial charge is 0.360 e. The number of nitrogens with zero attached hydrogens (tertiary/aromatic N) is 2. The number of aryl methyl sites for hydroxylation is 1. The highest BCUT2D eigenvalue weighted by Gasteiger charge is 2.30. The van der Waals surface area contributed by atoms with Gasteiger partial charge in [-0.1, -0.05) is 29.2 Å². The van der Waals surface area contributed by atoms with Crippen LogP contribution in [0, 0.1) is 12.8 Å². The summed E-state index contributed by atoms with van der Waals surface area (Å²) in [5, 5.41) is 9.02. The van der Waals surface area contributed by atoms with Crippen molar-refractivity contribution < 1.29 is 9.32 Å². The fraction of sp³-hybridized carbons (Fsp3) is 0.500. The summed E-state index contributed by atoms with van der Waals surface area (Å²) in [6.45, 7) is 1.76. The maximum absolute atomic E-state index is 13.5. The molecule has 2 aliphatic rings. The van der Waals surface area contributed by atoms with Crippen molar-refractivity contribution in [2.75, 3.05) is 0 Å². The number of fused-ring (bicyclic) bond motifs is 3. The Balaban J connectivity index is 1.55. The minimum Gasteiger partial charge on any atom is -0.360 e. The maximum atomic E-state index is 13.5. The molecule has 2 atom stereocenters. The van der Waals surface area contributed by atoms with Crippen molar-refractivity contribution in [3.05, 3.63) is 39.3 Å². The highest BCUT2D eigenvalue weighted by molar-refractivity contribution is 6.37. The first-order chi connectivity index (χ1) is 14.0. The molecule has 0 radical (unpaired) electrons. The Morgan fingerprint density at radius 2 is 2.10 bits per heavy atom. The highest BCUT2D eigenvalue weighted by atomic mass is 35.5. The van der Waals surface area contributed by atoms with Crippen LogP contribution in [0.2, 0.25) is 5.02 Å². The third kappa shape index (κ3) is 3.33. The summed E-state index contributed by atoms with van der Waals surface area (Å²) in [7, 11) is 0. The summed E-state index contributed by atoms with van der Waals surface area (Å²) in [5.74, 6) is 0.938. The van der Waals surface area contributed by atoms with Crippen LogP contribution in [0.4, 0.5) is 0 Å². The number of benzene rings is 1. The highest BCUT2D eigenvalue weighted by Crippen LogP contribution is 2.38. The van der Waals surface area contributed by atoms with Crippen molar-refractivity contribution in [2.45, 2.75) is 64.0 Å². The van der Waals surface area contributed by atoms with Crippen LogP contribution in [0.5, 0.6) is 0 Å². The lowest BCUT2D eigenvalue weighted by atomic mass is 9.83. The van der Waals surface area contributed by atoms with Gasteiger partial charge in [-0.25, -0.2) is 0 Å². The monoisotopic (exact) mass is 413 g/mol. The van der Waals surface area contributed by atoms with E-state index in [1.54, 1.807) is 6.92 Å². The van der Waals surface area contributed by atoms with E-state index in [0.29, 0.717) is 34.1 Å². The second-order valence-corrected chi connectivity index (χ2v) is 8.91. The van der Waals surface area contributed by atoms with Gasteiger partial charge in [-0.05, 0) is 57.1 Å². The average Bonchev–Trinajstić information content (AvgIpc) is 3.41. The molecule has 0 bridgehead atoms. The SMILES string of the molecule is Cc1onc2c1c(=O)n(C1CCCC(CC(=O)NC3CC3)C1)c1cccc(Cl)c21. The van der Waals surface area contributed by atoms with Gasteiger partial charge in [-0.2, -0.15) is 0 Å². The van der Waals surface area contributed by atoms with Crippen LogP contribution in [-0.2, 0) is 4.79 Å². The standard InChI is InChI=1S/C22H24ClN3O3/c1-12-19-21(25-29-12)20-16(23)6-3-7-17(20)26(22(19)28)15-5-2-4-13(10-15)11-18(27)24-14-8-9-14/h3,6-7,13-15H,2,4-5,8-11H2,1H3,(H,24,27). The molecule has 0 spiro atoms. The lowest BCUT2D eigenvalue weighted by Gasteiger charge is -2.31. The van der Waals surface area contributed by atoms with Crippen molar-refractivity contribution in [3.63, 3.8) is 0 Å². The van der Waals surface area contributed by atoms with Crippen molar-refractivity contribution in [1.29, 1.82) is 0 Å². The zero-order valence-electron chi connectivity index (χ0n) is 16.4. The number of aromatic nitrogens is 2. The predicted molar refractivity (Wildman–Crippen MR) is 112 cm³/mol. The summed E-state index contributed by atoms with van der Waals surface area (Å²) < 4.78 is 7.22. The molecule has 7 heteroatoms. The van der Waals surface area contributed by atoms with Gasteiger partial charge in [0.2, 0.25) is 5.91 Å². The zero-order valence-corrected chi connectivity index (χ0v) is 17.2. The molecule has 5 rings (SSSR count). The first kappa shape index (κ1) is 18.7. The molecule has 1 N–H and O–H groups in total. The summed E-state index contributed by atoms with van der Waals surface area (Å²) in [5.41, 5.74) is 1.23. The maximum Gasteiger partial charge on any atom is 0.264 e. The van der Waals surface area contributed by atoms with Gasteiger partial charge in [0.25, 0.3) is 5.56 Å². The molecule has 1 amide bonds.